The lowest BCUT2D eigenvalue weighted by Crippen LogP contribution is -2.28. The average molecular weight is 298 g/mol. The van der Waals surface area contributed by atoms with Gasteiger partial charge in [0.1, 0.15) is 5.75 Å². The molecule has 5 nitrogen and oxygen atoms in total. The summed E-state index contributed by atoms with van der Waals surface area (Å²) >= 11 is 0. The zero-order chi connectivity index (χ0) is 14.8. The number of carbonyl (C=O) groups excluding carboxylic acids is 1. The number of benzene rings is 1. The van der Waals surface area contributed by atoms with Gasteiger partial charge < -0.3 is 8.92 Å². The van der Waals surface area contributed by atoms with Crippen molar-refractivity contribution in [2.24, 2.45) is 0 Å². The summed E-state index contributed by atoms with van der Waals surface area (Å²) in [4.78, 5) is 10.8. The smallest absolute Gasteiger partial charge is 0.497 e. The molecular weight excluding hydrogens is 289 g/mol. The van der Waals surface area contributed by atoms with Crippen LogP contribution in [0.2, 0.25) is 0 Å². The lowest BCUT2D eigenvalue weighted by atomic mass is 10.1. The Morgan fingerprint density at radius 2 is 1.84 bits per heavy atom. The van der Waals surface area contributed by atoms with Crippen LogP contribution in [0.5, 0.6) is 11.5 Å². The van der Waals surface area contributed by atoms with Gasteiger partial charge in [0.25, 0.3) is 0 Å². The first-order valence-corrected chi connectivity index (χ1v) is 6.17. The lowest BCUT2D eigenvalue weighted by molar-refractivity contribution is -0.0500. The molecule has 0 unspecified atom stereocenters. The molecule has 0 bridgehead atoms. The summed E-state index contributed by atoms with van der Waals surface area (Å²) in [6.45, 7) is 1.29. The molecule has 1 aromatic carbocycles. The predicted octanol–water partition coefficient (Wildman–Crippen LogP) is 2.04. The van der Waals surface area contributed by atoms with E-state index in [0.717, 1.165) is 6.07 Å². The number of alkyl halides is 3. The zero-order valence-corrected chi connectivity index (χ0v) is 10.6. The molecule has 0 amide bonds. The maximum atomic E-state index is 12.2. The van der Waals surface area contributed by atoms with Gasteiger partial charge in [0, 0.05) is 0 Å². The van der Waals surface area contributed by atoms with Gasteiger partial charge in [-0.05, 0) is 24.6 Å². The molecule has 106 valence electrons. The third-order valence-corrected chi connectivity index (χ3v) is 3.07. The van der Waals surface area contributed by atoms with Gasteiger partial charge in [-0.2, -0.15) is 21.6 Å². The molecule has 9 heteroatoms. The second-order valence-corrected chi connectivity index (χ2v) is 5.00. The normalized spacial score (nSPS) is 12.1. The third-order valence-electron chi connectivity index (χ3n) is 2.12. The number of halogens is 3. The fourth-order valence-corrected chi connectivity index (χ4v) is 1.78. The highest BCUT2D eigenvalue weighted by Gasteiger charge is 2.49. The summed E-state index contributed by atoms with van der Waals surface area (Å²) in [5.74, 6) is -0.482. The molecule has 0 aromatic heterocycles. The maximum absolute atomic E-state index is 12.2. The van der Waals surface area contributed by atoms with Crippen molar-refractivity contribution in [3.8, 4) is 11.5 Å². The van der Waals surface area contributed by atoms with Crippen molar-refractivity contribution in [1.29, 1.82) is 0 Å². The minimum Gasteiger partial charge on any atom is -0.497 e. The van der Waals surface area contributed by atoms with Gasteiger partial charge in [-0.1, -0.05) is 0 Å². The number of rotatable bonds is 4. The van der Waals surface area contributed by atoms with Crippen LogP contribution in [0, 0.1) is 6.92 Å². The lowest BCUT2D eigenvalue weighted by Gasteiger charge is -2.14. The maximum Gasteiger partial charge on any atom is 0.534 e. The second kappa shape index (κ2) is 5.08. The highest BCUT2D eigenvalue weighted by Crippen LogP contribution is 2.33. The van der Waals surface area contributed by atoms with Crippen LogP contribution >= 0.6 is 0 Å². The van der Waals surface area contributed by atoms with E-state index in [1.807, 2.05) is 0 Å². The van der Waals surface area contributed by atoms with Gasteiger partial charge in [-0.3, -0.25) is 4.79 Å². The monoisotopic (exact) mass is 298 g/mol. The van der Waals surface area contributed by atoms with Crippen LogP contribution in [-0.4, -0.2) is 27.3 Å². The summed E-state index contributed by atoms with van der Waals surface area (Å²) in [6, 6.07) is 2.31. The fourth-order valence-electron chi connectivity index (χ4n) is 1.24. The van der Waals surface area contributed by atoms with Crippen LogP contribution < -0.4 is 8.92 Å². The SMILES string of the molecule is COc1cc(C)c(OS(=O)(=O)C(F)(F)F)c(C=O)c1. The van der Waals surface area contributed by atoms with Gasteiger partial charge >= 0.3 is 15.6 Å². The van der Waals surface area contributed by atoms with E-state index < -0.39 is 21.4 Å². The second-order valence-electron chi connectivity index (χ2n) is 3.46. The Bertz CT molecular complexity index is 592. The number of carbonyl (C=O) groups is 1. The molecule has 0 aliphatic carbocycles. The number of ether oxygens (including phenoxy) is 1. The van der Waals surface area contributed by atoms with Crippen molar-refractivity contribution in [3.05, 3.63) is 23.3 Å². The summed E-state index contributed by atoms with van der Waals surface area (Å²) < 4.78 is 67.2. The fraction of sp³-hybridized carbons (Fsp3) is 0.300. The Morgan fingerprint density at radius 3 is 2.26 bits per heavy atom. The van der Waals surface area contributed by atoms with E-state index in [4.69, 9.17) is 4.74 Å². The molecule has 0 aliphatic heterocycles. The minimum absolute atomic E-state index is 0.0225. The Kier molecular flexibility index (Phi) is 4.09. The molecule has 0 spiro atoms. The Balaban J connectivity index is 3.33. The van der Waals surface area contributed by atoms with Gasteiger partial charge in [0.2, 0.25) is 0 Å². The van der Waals surface area contributed by atoms with Crippen molar-refractivity contribution >= 4 is 16.4 Å². The number of aryl methyl sites for hydroxylation is 1. The van der Waals surface area contributed by atoms with Crippen LogP contribution in [-0.2, 0) is 10.1 Å². The van der Waals surface area contributed by atoms with E-state index in [2.05, 4.69) is 4.18 Å². The molecule has 0 saturated heterocycles. The topological polar surface area (TPSA) is 69.7 Å². The van der Waals surface area contributed by atoms with Crippen LogP contribution in [0.4, 0.5) is 13.2 Å². The average Bonchev–Trinajstić information content (AvgIpc) is 2.29. The first kappa shape index (κ1) is 15.3. The van der Waals surface area contributed by atoms with E-state index in [1.165, 1.54) is 20.1 Å². The molecule has 0 aliphatic rings. The van der Waals surface area contributed by atoms with E-state index in [0.29, 0.717) is 0 Å². The Morgan fingerprint density at radius 1 is 1.26 bits per heavy atom. The highest BCUT2D eigenvalue weighted by atomic mass is 32.2. The van der Waals surface area contributed by atoms with Gasteiger partial charge in [0.05, 0.1) is 12.7 Å². The summed E-state index contributed by atoms with van der Waals surface area (Å²) in [7, 11) is -4.54. The van der Waals surface area contributed by atoms with Crippen molar-refractivity contribution in [2.75, 3.05) is 7.11 Å². The molecule has 0 fully saturated rings. The number of methoxy groups -OCH3 is 1. The van der Waals surface area contributed by atoms with Gasteiger partial charge in [-0.15, -0.1) is 0 Å². The molecule has 0 radical (unpaired) electrons. The van der Waals surface area contributed by atoms with Crippen LogP contribution in [0.25, 0.3) is 0 Å². The number of hydrogen-bond donors (Lipinski definition) is 0. The van der Waals surface area contributed by atoms with Crippen LogP contribution in [0.3, 0.4) is 0 Å². The molecule has 19 heavy (non-hydrogen) atoms. The van der Waals surface area contributed by atoms with Crippen molar-refractivity contribution in [2.45, 2.75) is 12.4 Å². The standard InChI is InChI=1S/C10H9F3O5S/c1-6-3-8(17-2)4-7(5-14)9(6)18-19(15,16)10(11,12)13/h3-5H,1-2H3. The molecule has 0 saturated carbocycles. The van der Waals surface area contributed by atoms with E-state index >= 15 is 0 Å². The summed E-state index contributed by atoms with van der Waals surface area (Å²) in [6.07, 6.45) is 0.177. The minimum atomic E-state index is -5.83. The Labute approximate surface area is 107 Å². The first-order valence-electron chi connectivity index (χ1n) is 4.77. The van der Waals surface area contributed by atoms with E-state index in [9.17, 15) is 26.4 Å². The van der Waals surface area contributed by atoms with E-state index in [1.54, 1.807) is 0 Å². The molecule has 1 aromatic rings. The van der Waals surface area contributed by atoms with Gasteiger partial charge in [0.15, 0.2) is 12.0 Å². The largest absolute Gasteiger partial charge is 0.534 e. The van der Waals surface area contributed by atoms with Crippen molar-refractivity contribution in [1.82, 2.24) is 0 Å². The Hall–Kier alpha value is -1.77. The van der Waals surface area contributed by atoms with E-state index in [-0.39, 0.29) is 23.2 Å². The highest BCUT2D eigenvalue weighted by molar-refractivity contribution is 7.88. The molecular formula is C10H9F3O5S. The van der Waals surface area contributed by atoms with Crippen LogP contribution in [0.15, 0.2) is 12.1 Å². The summed E-state index contributed by atoms with van der Waals surface area (Å²) in [5, 5.41) is 0. The molecule has 0 N–H and O–H groups in total. The molecule has 0 heterocycles. The number of aldehydes is 1. The zero-order valence-electron chi connectivity index (χ0n) is 9.82. The predicted molar refractivity (Wildman–Crippen MR) is 58.7 cm³/mol. The van der Waals surface area contributed by atoms with Gasteiger partial charge in [-0.25, -0.2) is 0 Å². The van der Waals surface area contributed by atoms with Crippen molar-refractivity contribution < 1.29 is 35.3 Å². The molecule has 1 rings (SSSR count). The number of hydrogen-bond acceptors (Lipinski definition) is 5. The third kappa shape index (κ3) is 3.16. The summed E-state index contributed by atoms with van der Waals surface area (Å²) in [5.41, 5.74) is -5.90. The first-order chi connectivity index (χ1) is 8.62. The van der Waals surface area contributed by atoms with Crippen LogP contribution in [0.1, 0.15) is 15.9 Å². The molecule has 0 atom stereocenters. The quantitative estimate of drug-likeness (QED) is 0.483. The van der Waals surface area contributed by atoms with Crippen molar-refractivity contribution in [3.63, 3.8) is 0 Å².